The lowest BCUT2D eigenvalue weighted by Crippen LogP contribution is -2.32. The molecule has 0 unspecified atom stereocenters. The fourth-order valence-corrected chi connectivity index (χ4v) is 4.79. The van der Waals surface area contributed by atoms with Gasteiger partial charge in [0.15, 0.2) is 6.20 Å². The first-order valence-corrected chi connectivity index (χ1v) is 11.1. The molecule has 0 fully saturated rings. The minimum atomic E-state index is -0.274. The van der Waals surface area contributed by atoms with Crippen LogP contribution in [0.3, 0.4) is 0 Å². The van der Waals surface area contributed by atoms with Gasteiger partial charge in [0.05, 0.1) is 11.1 Å². The Kier molecular flexibility index (Phi) is 4.85. The number of fused-ring (bicyclic) bond motifs is 3. The van der Waals surface area contributed by atoms with Crippen molar-refractivity contribution in [2.45, 2.75) is 33.6 Å². The number of halogens is 1. The van der Waals surface area contributed by atoms with E-state index in [1.54, 1.807) is 6.07 Å². The predicted octanol–water partition coefficient (Wildman–Crippen LogP) is 7.62. The molecule has 0 amide bonds. The standard InChI is InChI=1S/C29H27FNO/c1-17(2)23-16-31(5)25(15-19(23)4)26-18(3)11-12-21-22-13-14-24(30)27(29(22)32-28(21)26)20-9-7-6-8-10-20/h6-17H,1-5H3/q+1. The lowest BCUT2D eigenvalue weighted by Gasteiger charge is -2.11. The van der Waals surface area contributed by atoms with Crippen LogP contribution in [0.2, 0.25) is 0 Å². The van der Waals surface area contributed by atoms with Crippen LogP contribution in [0.5, 0.6) is 0 Å². The number of rotatable bonds is 3. The lowest BCUT2D eigenvalue weighted by atomic mass is 9.95. The monoisotopic (exact) mass is 424 g/mol. The summed E-state index contributed by atoms with van der Waals surface area (Å²) in [7, 11) is 2.08. The summed E-state index contributed by atoms with van der Waals surface area (Å²) in [4.78, 5) is 0. The maximum Gasteiger partial charge on any atom is 0.216 e. The molecule has 0 atom stereocenters. The van der Waals surface area contributed by atoms with E-state index in [9.17, 15) is 0 Å². The average molecular weight is 425 g/mol. The Labute approximate surface area is 187 Å². The third-order valence-electron chi connectivity index (χ3n) is 6.43. The summed E-state index contributed by atoms with van der Waals surface area (Å²) in [5.74, 6) is 0.179. The molecule has 0 radical (unpaired) electrons. The van der Waals surface area contributed by atoms with Gasteiger partial charge in [0.2, 0.25) is 5.69 Å². The second kappa shape index (κ2) is 7.59. The van der Waals surface area contributed by atoms with Gasteiger partial charge in [-0.15, -0.1) is 0 Å². The molecule has 0 N–H and O–H groups in total. The van der Waals surface area contributed by atoms with Crippen LogP contribution in [0.1, 0.15) is 36.5 Å². The molecule has 0 aliphatic rings. The van der Waals surface area contributed by atoms with Crippen LogP contribution in [0, 0.1) is 19.7 Å². The highest BCUT2D eigenvalue weighted by atomic mass is 19.1. The summed E-state index contributed by atoms with van der Waals surface area (Å²) in [6.07, 6.45) is 2.21. The van der Waals surface area contributed by atoms with Crippen LogP contribution in [-0.4, -0.2) is 0 Å². The first kappa shape index (κ1) is 20.4. The summed E-state index contributed by atoms with van der Waals surface area (Å²) in [6, 6.07) is 19.4. The molecule has 3 heteroatoms. The molecule has 2 heterocycles. The third-order valence-corrected chi connectivity index (χ3v) is 6.43. The van der Waals surface area contributed by atoms with E-state index in [4.69, 9.17) is 4.42 Å². The Morgan fingerprint density at radius 3 is 2.16 bits per heavy atom. The van der Waals surface area contributed by atoms with Crippen LogP contribution in [0.4, 0.5) is 4.39 Å². The van der Waals surface area contributed by atoms with Crippen LogP contribution < -0.4 is 4.57 Å². The van der Waals surface area contributed by atoms with Crippen LogP contribution in [-0.2, 0) is 7.05 Å². The normalized spacial score (nSPS) is 11.7. The van der Waals surface area contributed by atoms with E-state index >= 15 is 4.39 Å². The SMILES string of the molecule is Cc1cc(-c2c(C)ccc3c2oc2c(-c4ccccc4)c(F)ccc23)[n+](C)cc1C(C)C. The van der Waals surface area contributed by atoms with Crippen LogP contribution >= 0.6 is 0 Å². The fourth-order valence-electron chi connectivity index (χ4n) is 4.79. The van der Waals surface area contributed by atoms with Crippen molar-refractivity contribution in [3.8, 4) is 22.4 Å². The largest absolute Gasteiger partial charge is 0.454 e. The Balaban J connectivity index is 1.86. The van der Waals surface area contributed by atoms with Gasteiger partial charge in [0.1, 0.15) is 24.0 Å². The average Bonchev–Trinajstić information content (AvgIpc) is 3.14. The van der Waals surface area contributed by atoms with Gasteiger partial charge in [-0.1, -0.05) is 56.3 Å². The molecule has 0 spiro atoms. The van der Waals surface area contributed by atoms with Crippen LogP contribution in [0.25, 0.3) is 44.3 Å². The predicted molar refractivity (Wildman–Crippen MR) is 129 cm³/mol. The number of benzene rings is 3. The van der Waals surface area contributed by atoms with Crippen molar-refractivity contribution in [1.82, 2.24) is 0 Å². The molecule has 0 aliphatic heterocycles. The van der Waals surface area contributed by atoms with Gasteiger partial charge in [-0.3, -0.25) is 0 Å². The van der Waals surface area contributed by atoms with E-state index in [2.05, 4.69) is 63.7 Å². The minimum Gasteiger partial charge on any atom is -0.454 e. The first-order chi connectivity index (χ1) is 15.4. The second-order valence-corrected chi connectivity index (χ2v) is 8.96. The van der Waals surface area contributed by atoms with E-state index in [-0.39, 0.29) is 5.82 Å². The molecule has 5 rings (SSSR count). The molecular weight excluding hydrogens is 397 g/mol. The van der Waals surface area contributed by atoms with Crippen molar-refractivity contribution in [3.63, 3.8) is 0 Å². The smallest absolute Gasteiger partial charge is 0.216 e. The van der Waals surface area contributed by atoms with E-state index in [1.807, 2.05) is 36.4 Å². The van der Waals surface area contributed by atoms with Crippen molar-refractivity contribution in [2.75, 3.05) is 0 Å². The highest BCUT2D eigenvalue weighted by molar-refractivity contribution is 6.13. The first-order valence-electron chi connectivity index (χ1n) is 11.1. The topological polar surface area (TPSA) is 17.0 Å². The summed E-state index contributed by atoms with van der Waals surface area (Å²) in [5, 5.41) is 1.93. The molecule has 0 saturated heterocycles. The molecule has 32 heavy (non-hydrogen) atoms. The maximum atomic E-state index is 15.0. The van der Waals surface area contributed by atoms with Gasteiger partial charge in [-0.05, 0) is 48.6 Å². The number of hydrogen-bond acceptors (Lipinski definition) is 1. The second-order valence-electron chi connectivity index (χ2n) is 8.96. The summed E-state index contributed by atoms with van der Waals surface area (Å²) < 4.78 is 23.7. The van der Waals surface area contributed by atoms with Gasteiger partial charge in [0, 0.05) is 22.4 Å². The lowest BCUT2D eigenvalue weighted by molar-refractivity contribution is -0.660. The Bertz CT molecular complexity index is 1480. The van der Waals surface area contributed by atoms with E-state index in [0.717, 1.165) is 38.7 Å². The quantitative estimate of drug-likeness (QED) is 0.272. The van der Waals surface area contributed by atoms with Gasteiger partial charge in [-0.2, -0.15) is 0 Å². The number of hydrogen-bond donors (Lipinski definition) is 0. The Hall–Kier alpha value is -3.46. The van der Waals surface area contributed by atoms with Gasteiger partial charge in [-0.25, -0.2) is 8.96 Å². The van der Waals surface area contributed by atoms with Gasteiger partial charge >= 0.3 is 0 Å². The molecule has 160 valence electrons. The van der Waals surface area contributed by atoms with Crippen molar-refractivity contribution < 1.29 is 13.4 Å². The molecule has 0 saturated carbocycles. The van der Waals surface area contributed by atoms with Crippen LogP contribution in [0.15, 0.2) is 71.3 Å². The molecule has 0 aliphatic carbocycles. The fraction of sp³-hybridized carbons (Fsp3) is 0.207. The Morgan fingerprint density at radius 1 is 0.812 bits per heavy atom. The van der Waals surface area contributed by atoms with Crippen molar-refractivity contribution >= 4 is 21.9 Å². The molecule has 5 aromatic rings. The van der Waals surface area contributed by atoms with E-state index in [1.165, 1.54) is 11.1 Å². The third kappa shape index (κ3) is 3.12. The van der Waals surface area contributed by atoms with Gasteiger partial charge < -0.3 is 4.42 Å². The zero-order valence-electron chi connectivity index (χ0n) is 19.2. The van der Waals surface area contributed by atoms with Crippen molar-refractivity contribution in [1.29, 1.82) is 0 Å². The summed E-state index contributed by atoms with van der Waals surface area (Å²) in [5.41, 5.74) is 8.59. The number of furan rings is 1. The summed E-state index contributed by atoms with van der Waals surface area (Å²) >= 11 is 0. The molecule has 2 aromatic heterocycles. The molecule has 3 aromatic carbocycles. The van der Waals surface area contributed by atoms with Gasteiger partial charge in [0.25, 0.3) is 0 Å². The zero-order valence-corrected chi connectivity index (χ0v) is 19.2. The number of pyridine rings is 1. The zero-order chi connectivity index (χ0) is 22.6. The molecular formula is C29H27FNO+. The molecule has 2 nitrogen and oxygen atoms in total. The highest BCUT2D eigenvalue weighted by Gasteiger charge is 2.24. The van der Waals surface area contributed by atoms with Crippen molar-refractivity contribution in [2.24, 2.45) is 7.05 Å². The number of nitrogens with zero attached hydrogens (tertiary/aromatic N) is 1. The maximum absolute atomic E-state index is 15.0. The molecule has 0 bridgehead atoms. The number of aromatic nitrogens is 1. The summed E-state index contributed by atoms with van der Waals surface area (Å²) in [6.45, 7) is 8.70. The minimum absolute atomic E-state index is 0.274. The highest BCUT2D eigenvalue weighted by Crippen LogP contribution is 2.41. The van der Waals surface area contributed by atoms with Crippen molar-refractivity contribution in [3.05, 3.63) is 89.4 Å². The Morgan fingerprint density at radius 2 is 1.47 bits per heavy atom. The number of aryl methyl sites for hydroxylation is 3. The van der Waals surface area contributed by atoms with E-state index in [0.29, 0.717) is 17.1 Å². The van der Waals surface area contributed by atoms with E-state index < -0.39 is 0 Å².